The highest BCUT2D eigenvalue weighted by atomic mass is 19.1. The number of amides is 1. The van der Waals surface area contributed by atoms with E-state index in [-0.39, 0.29) is 24.4 Å². The number of hydrogen-bond donors (Lipinski definition) is 1. The van der Waals surface area contributed by atoms with Gasteiger partial charge in [0, 0.05) is 6.04 Å². The minimum absolute atomic E-state index is 0.0429. The van der Waals surface area contributed by atoms with Crippen molar-refractivity contribution in [3.8, 4) is 5.75 Å². The van der Waals surface area contributed by atoms with Gasteiger partial charge in [0.1, 0.15) is 11.6 Å². The van der Waals surface area contributed by atoms with Crippen LogP contribution in [0, 0.1) is 5.82 Å². The standard InChI is InChI=1S/C23H22FNO2/c24-20-13-11-19(12-14-20)16-21(15-18-7-3-1-4-8-18)25-23(26)17-27-22-9-5-2-6-10-22/h1-14,21H,15-17H2,(H,25,26)/t21-/m0/s1. The molecule has 4 heteroatoms. The SMILES string of the molecule is O=C(COc1ccccc1)N[C@@H](Cc1ccccc1)Cc1ccc(F)cc1. The molecule has 3 aromatic rings. The number of ether oxygens (including phenoxy) is 1. The highest BCUT2D eigenvalue weighted by molar-refractivity contribution is 5.77. The molecule has 1 N–H and O–H groups in total. The van der Waals surface area contributed by atoms with Crippen LogP contribution in [0.15, 0.2) is 84.9 Å². The van der Waals surface area contributed by atoms with Crippen molar-refractivity contribution in [2.24, 2.45) is 0 Å². The average Bonchev–Trinajstić information content (AvgIpc) is 2.70. The molecule has 0 saturated carbocycles. The van der Waals surface area contributed by atoms with Crippen LogP contribution in [0.5, 0.6) is 5.75 Å². The van der Waals surface area contributed by atoms with E-state index >= 15 is 0 Å². The second-order valence-electron chi connectivity index (χ2n) is 6.39. The Morgan fingerprint density at radius 1 is 0.815 bits per heavy atom. The smallest absolute Gasteiger partial charge is 0.258 e. The zero-order chi connectivity index (χ0) is 18.9. The number of halogens is 1. The van der Waals surface area contributed by atoms with E-state index in [2.05, 4.69) is 5.32 Å². The van der Waals surface area contributed by atoms with Crippen LogP contribution in [0.25, 0.3) is 0 Å². The highest BCUT2D eigenvalue weighted by Gasteiger charge is 2.15. The zero-order valence-electron chi connectivity index (χ0n) is 15.0. The quantitative estimate of drug-likeness (QED) is 0.652. The maximum absolute atomic E-state index is 13.2. The largest absolute Gasteiger partial charge is 0.484 e. The van der Waals surface area contributed by atoms with Crippen molar-refractivity contribution >= 4 is 5.91 Å². The first-order chi connectivity index (χ1) is 13.2. The summed E-state index contributed by atoms with van der Waals surface area (Å²) in [7, 11) is 0. The monoisotopic (exact) mass is 363 g/mol. The van der Waals surface area contributed by atoms with Crippen LogP contribution >= 0.6 is 0 Å². The van der Waals surface area contributed by atoms with Crippen molar-refractivity contribution in [3.05, 3.63) is 102 Å². The summed E-state index contributed by atoms with van der Waals surface area (Å²) in [6, 6.07) is 25.5. The van der Waals surface area contributed by atoms with Crippen LogP contribution in [-0.4, -0.2) is 18.6 Å². The van der Waals surface area contributed by atoms with Gasteiger partial charge in [-0.25, -0.2) is 4.39 Å². The van der Waals surface area contributed by atoms with Crippen molar-refractivity contribution in [3.63, 3.8) is 0 Å². The number of benzene rings is 3. The summed E-state index contributed by atoms with van der Waals surface area (Å²) in [5.74, 6) is 0.214. The molecule has 3 nitrogen and oxygen atoms in total. The van der Waals surface area contributed by atoms with Gasteiger partial charge in [-0.05, 0) is 48.2 Å². The summed E-state index contributed by atoms with van der Waals surface area (Å²) in [4.78, 5) is 12.4. The van der Waals surface area contributed by atoms with Crippen LogP contribution in [0.3, 0.4) is 0 Å². The molecule has 0 unspecified atom stereocenters. The van der Waals surface area contributed by atoms with Crippen molar-refractivity contribution in [1.82, 2.24) is 5.32 Å². The summed E-state index contributed by atoms with van der Waals surface area (Å²) in [5.41, 5.74) is 2.11. The van der Waals surface area contributed by atoms with E-state index in [1.54, 1.807) is 12.1 Å². The first kappa shape index (κ1) is 18.6. The lowest BCUT2D eigenvalue weighted by atomic mass is 9.99. The first-order valence-corrected chi connectivity index (χ1v) is 8.94. The van der Waals surface area contributed by atoms with Crippen molar-refractivity contribution in [2.45, 2.75) is 18.9 Å². The fourth-order valence-corrected chi connectivity index (χ4v) is 2.91. The fraction of sp³-hybridized carbons (Fsp3) is 0.174. The summed E-state index contributed by atoms with van der Waals surface area (Å²) >= 11 is 0. The molecule has 0 saturated heterocycles. The van der Waals surface area contributed by atoms with Crippen LogP contribution < -0.4 is 10.1 Å². The van der Waals surface area contributed by atoms with E-state index < -0.39 is 0 Å². The fourth-order valence-electron chi connectivity index (χ4n) is 2.91. The van der Waals surface area contributed by atoms with Gasteiger partial charge in [0.15, 0.2) is 6.61 Å². The lowest BCUT2D eigenvalue weighted by Crippen LogP contribution is -2.40. The van der Waals surface area contributed by atoms with Crippen molar-refractivity contribution in [2.75, 3.05) is 6.61 Å². The second-order valence-corrected chi connectivity index (χ2v) is 6.39. The van der Waals surface area contributed by atoms with Crippen molar-refractivity contribution < 1.29 is 13.9 Å². The van der Waals surface area contributed by atoms with Crippen LogP contribution in [0.1, 0.15) is 11.1 Å². The third-order valence-electron chi connectivity index (χ3n) is 4.20. The summed E-state index contributed by atoms with van der Waals surface area (Å²) < 4.78 is 18.7. The van der Waals surface area contributed by atoms with Gasteiger partial charge in [-0.2, -0.15) is 0 Å². The summed E-state index contributed by atoms with van der Waals surface area (Å²) in [6.07, 6.45) is 1.31. The molecule has 27 heavy (non-hydrogen) atoms. The lowest BCUT2D eigenvalue weighted by Gasteiger charge is -2.19. The first-order valence-electron chi connectivity index (χ1n) is 8.94. The molecule has 1 amide bonds. The highest BCUT2D eigenvalue weighted by Crippen LogP contribution is 2.11. The Labute approximate surface area is 158 Å². The molecule has 3 rings (SSSR count). The molecule has 0 spiro atoms. The molecular formula is C23H22FNO2. The zero-order valence-corrected chi connectivity index (χ0v) is 15.0. The van der Waals surface area contributed by atoms with E-state index in [0.29, 0.717) is 18.6 Å². The van der Waals surface area contributed by atoms with Gasteiger partial charge in [0.05, 0.1) is 0 Å². The molecule has 0 fully saturated rings. The van der Waals surface area contributed by atoms with Gasteiger partial charge in [-0.3, -0.25) is 4.79 Å². The van der Waals surface area contributed by atoms with E-state index in [4.69, 9.17) is 4.74 Å². The molecule has 0 aliphatic heterocycles. The van der Waals surface area contributed by atoms with Crippen LogP contribution in [0.4, 0.5) is 4.39 Å². The number of para-hydroxylation sites is 1. The molecule has 0 aliphatic rings. The topological polar surface area (TPSA) is 38.3 Å². The van der Waals surface area contributed by atoms with Gasteiger partial charge in [0.25, 0.3) is 5.91 Å². The predicted octanol–water partition coefficient (Wildman–Crippen LogP) is 4.17. The van der Waals surface area contributed by atoms with Gasteiger partial charge in [-0.1, -0.05) is 60.7 Å². The third-order valence-corrected chi connectivity index (χ3v) is 4.20. The van der Waals surface area contributed by atoms with Crippen LogP contribution in [0.2, 0.25) is 0 Å². The molecule has 138 valence electrons. The normalized spacial score (nSPS) is 11.6. The van der Waals surface area contributed by atoms with Gasteiger partial charge < -0.3 is 10.1 Å². The Balaban J connectivity index is 1.63. The van der Waals surface area contributed by atoms with E-state index in [0.717, 1.165) is 11.1 Å². The van der Waals surface area contributed by atoms with Gasteiger partial charge in [-0.15, -0.1) is 0 Å². The second kappa shape index (κ2) is 9.53. The van der Waals surface area contributed by atoms with Crippen LogP contribution in [-0.2, 0) is 17.6 Å². The third kappa shape index (κ3) is 6.26. The molecule has 1 atom stereocenters. The number of nitrogens with one attached hydrogen (secondary N) is 1. The minimum atomic E-state index is -0.265. The number of hydrogen-bond acceptors (Lipinski definition) is 2. The number of carbonyl (C=O) groups is 1. The van der Waals surface area contributed by atoms with E-state index in [9.17, 15) is 9.18 Å². The summed E-state index contributed by atoms with van der Waals surface area (Å²) in [5, 5.41) is 3.04. The number of rotatable bonds is 8. The molecule has 0 aromatic heterocycles. The molecule has 3 aromatic carbocycles. The number of carbonyl (C=O) groups excluding carboxylic acids is 1. The molecule has 0 aliphatic carbocycles. The summed E-state index contributed by atoms with van der Waals surface area (Å²) in [6.45, 7) is -0.0429. The molecule has 0 radical (unpaired) electrons. The molecular weight excluding hydrogens is 341 g/mol. The Kier molecular flexibility index (Phi) is 6.58. The lowest BCUT2D eigenvalue weighted by molar-refractivity contribution is -0.123. The maximum atomic E-state index is 13.2. The Morgan fingerprint density at radius 3 is 2.00 bits per heavy atom. The van der Waals surface area contributed by atoms with E-state index in [1.165, 1.54) is 12.1 Å². The Hall–Kier alpha value is -3.14. The minimum Gasteiger partial charge on any atom is -0.484 e. The van der Waals surface area contributed by atoms with Crippen molar-refractivity contribution in [1.29, 1.82) is 0 Å². The maximum Gasteiger partial charge on any atom is 0.258 e. The predicted molar refractivity (Wildman–Crippen MR) is 104 cm³/mol. The van der Waals surface area contributed by atoms with Gasteiger partial charge in [0.2, 0.25) is 0 Å². The van der Waals surface area contributed by atoms with E-state index in [1.807, 2.05) is 60.7 Å². The Bertz CT molecular complexity index is 835. The Morgan fingerprint density at radius 2 is 1.37 bits per heavy atom. The average molecular weight is 363 g/mol. The van der Waals surface area contributed by atoms with Gasteiger partial charge >= 0.3 is 0 Å². The molecule has 0 bridgehead atoms. The molecule has 0 heterocycles.